The van der Waals surface area contributed by atoms with Gasteiger partial charge in [-0.25, -0.2) is 4.98 Å². The number of guanidine groups is 1. The van der Waals surface area contributed by atoms with E-state index in [2.05, 4.69) is 38.6 Å². The largest absolute Gasteiger partial charge is 0.359 e. The van der Waals surface area contributed by atoms with Gasteiger partial charge in [-0.3, -0.25) is 4.99 Å². The topological polar surface area (TPSA) is 65.1 Å². The number of benzene rings is 1. The van der Waals surface area contributed by atoms with Gasteiger partial charge in [0.2, 0.25) is 0 Å². The third kappa shape index (κ3) is 3.12. The lowest BCUT2D eigenvalue weighted by Crippen LogP contribution is -2.34. The van der Waals surface area contributed by atoms with E-state index in [1.165, 1.54) is 5.56 Å². The van der Waals surface area contributed by atoms with Crippen LogP contribution in [0.5, 0.6) is 0 Å². The molecule has 0 unspecified atom stereocenters. The quantitative estimate of drug-likeness (QED) is 0.435. The fourth-order valence-corrected chi connectivity index (χ4v) is 1.76. The van der Waals surface area contributed by atoms with Gasteiger partial charge < -0.3 is 15.6 Å². The summed E-state index contributed by atoms with van der Waals surface area (Å²) in [6.07, 6.45) is 0. The molecule has 0 fully saturated rings. The molecule has 3 N–H and O–H groups in total. The molecule has 2 aromatic rings. The SMILES string of the molecule is CN=C(NC)NCc1nc2c(C)cccc2[nH]1.I. The molecule has 2 rings (SSSR count). The molecule has 1 aromatic heterocycles. The summed E-state index contributed by atoms with van der Waals surface area (Å²) in [5.74, 6) is 1.66. The van der Waals surface area contributed by atoms with Crippen molar-refractivity contribution in [2.75, 3.05) is 14.1 Å². The maximum atomic E-state index is 4.55. The number of para-hydroxylation sites is 1. The van der Waals surface area contributed by atoms with Crippen LogP contribution in [-0.2, 0) is 6.54 Å². The molecule has 0 saturated heterocycles. The summed E-state index contributed by atoms with van der Waals surface area (Å²) >= 11 is 0. The number of nitrogens with zero attached hydrogens (tertiary/aromatic N) is 2. The van der Waals surface area contributed by atoms with Crippen LogP contribution in [0.1, 0.15) is 11.4 Å². The van der Waals surface area contributed by atoms with Crippen molar-refractivity contribution in [1.82, 2.24) is 20.6 Å². The molecule has 0 amide bonds. The number of rotatable bonds is 2. The highest BCUT2D eigenvalue weighted by atomic mass is 127. The lowest BCUT2D eigenvalue weighted by Gasteiger charge is -2.05. The summed E-state index contributed by atoms with van der Waals surface area (Å²) in [6, 6.07) is 6.12. The average Bonchev–Trinajstić information content (AvgIpc) is 2.75. The maximum absolute atomic E-state index is 4.55. The van der Waals surface area contributed by atoms with Crippen molar-refractivity contribution in [3.8, 4) is 0 Å². The summed E-state index contributed by atoms with van der Waals surface area (Å²) in [4.78, 5) is 11.9. The van der Waals surface area contributed by atoms with Crippen molar-refractivity contribution in [1.29, 1.82) is 0 Å². The van der Waals surface area contributed by atoms with Crippen LogP contribution < -0.4 is 10.6 Å². The van der Waals surface area contributed by atoms with Crippen LogP contribution in [0.2, 0.25) is 0 Å². The smallest absolute Gasteiger partial charge is 0.191 e. The molecule has 5 nitrogen and oxygen atoms in total. The molecule has 6 heteroatoms. The van der Waals surface area contributed by atoms with Gasteiger partial charge in [-0.1, -0.05) is 12.1 Å². The Morgan fingerprint density at radius 3 is 2.83 bits per heavy atom. The van der Waals surface area contributed by atoms with Crippen molar-refractivity contribution < 1.29 is 0 Å². The second-order valence-electron chi connectivity index (χ2n) is 3.83. The van der Waals surface area contributed by atoms with Crippen molar-refractivity contribution in [3.05, 3.63) is 29.6 Å². The van der Waals surface area contributed by atoms with Crippen LogP contribution in [0.15, 0.2) is 23.2 Å². The van der Waals surface area contributed by atoms with Crippen LogP contribution in [0.3, 0.4) is 0 Å². The van der Waals surface area contributed by atoms with E-state index >= 15 is 0 Å². The Labute approximate surface area is 124 Å². The minimum Gasteiger partial charge on any atom is -0.359 e. The number of aromatic amines is 1. The van der Waals surface area contributed by atoms with Crippen LogP contribution in [0, 0.1) is 6.92 Å². The summed E-state index contributed by atoms with van der Waals surface area (Å²) in [6.45, 7) is 2.69. The van der Waals surface area contributed by atoms with E-state index in [4.69, 9.17) is 0 Å². The van der Waals surface area contributed by atoms with E-state index in [1.807, 2.05) is 19.2 Å². The Kier molecular flexibility index (Phi) is 5.39. The monoisotopic (exact) mass is 359 g/mol. The molecule has 0 bridgehead atoms. The number of fused-ring (bicyclic) bond motifs is 1. The first-order valence-corrected chi connectivity index (χ1v) is 5.57. The Hall–Kier alpha value is -1.31. The van der Waals surface area contributed by atoms with Crippen molar-refractivity contribution >= 4 is 41.0 Å². The molecule has 98 valence electrons. The van der Waals surface area contributed by atoms with Gasteiger partial charge in [-0.2, -0.15) is 0 Å². The summed E-state index contributed by atoms with van der Waals surface area (Å²) in [5, 5.41) is 6.13. The van der Waals surface area contributed by atoms with Crippen LogP contribution in [0.4, 0.5) is 0 Å². The molecule has 0 aliphatic carbocycles. The third-order valence-corrected chi connectivity index (χ3v) is 2.65. The van der Waals surface area contributed by atoms with Crippen LogP contribution >= 0.6 is 24.0 Å². The molecule has 0 saturated carbocycles. The fraction of sp³-hybridized carbons (Fsp3) is 0.333. The lowest BCUT2D eigenvalue weighted by atomic mass is 10.2. The molecule has 0 atom stereocenters. The number of imidazole rings is 1. The van der Waals surface area contributed by atoms with E-state index in [9.17, 15) is 0 Å². The van der Waals surface area contributed by atoms with Gasteiger partial charge in [0.05, 0.1) is 17.6 Å². The maximum Gasteiger partial charge on any atom is 0.191 e. The number of nitrogens with one attached hydrogen (secondary N) is 3. The van der Waals surface area contributed by atoms with E-state index in [-0.39, 0.29) is 24.0 Å². The highest BCUT2D eigenvalue weighted by molar-refractivity contribution is 14.0. The molecule has 0 aliphatic rings. The fourth-order valence-electron chi connectivity index (χ4n) is 1.76. The van der Waals surface area contributed by atoms with Gasteiger partial charge in [0, 0.05) is 14.1 Å². The normalized spacial score (nSPS) is 11.2. The molecular formula is C12H18IN5. The average molecular weight is 359 g/mol. The highest BCUT2D eigenvalue weighted by Gasteiger charge is 2.04. The molecule has 0 spiro atoms. The molecule has 1 aromatic carbocycles. The Bertz CT molecular complexity index is 546. The van der Waals surface area contributed by atoms with Gasteiger partial charge in [0.1, 0.15) is 5.82 Å². The zero-order chi connectivity index (χ0) is 12.3. The number of halogens is 1. The Morgan fingerprint density at radius 1 is 1.44 bits per heavy atom. The second-order valence-corrected chi connectivity index (χ2v) is 3.83. The first kappa shape index (κ1) is 14.7. The van der Waals surface area contributed by atoms with Crippen molar-refractivity contribution in [2.45, 2.75) is 13.5 Å². The van der Waals surface area contributed by atoms with Gasteiger partial charge in [0.15, 0.2) is 5.96 Å². The predicted molar refractivity (Wildman–Crippen MR) is 85.5 cm³/mol. The summed E-state index contributed by atoms with van der Waals surface area (Å²) in [7, 11) is 3.57. The first-order valence-electron chi connectivity index (χ1n) is 5.57. The first-order chi connectivity index (χ1) is 8.24. The van der Waals surface area contributed by atoms with Crippen LogP contribution in [-0.4, -0.2) is 30.0 Å². The van der Waals surface area contributed by atoms with Gasteiger partial charge in [0.25, 0.3) is 0 Å². The summed E-state index contributed by atoms with van der Waals surface area (Å²) in [5.41, 5.74) is 3.29. The van der Waals surface area contributed by atoms with Gasteiger partial charge in [-0.15, -0.1) is 24.0 Å². The lowest BCUT2D eigenvalue weighted by molar-refractivity contribution is 0.820. The summed E-state index contributed by atoms with van der Waals surface area (Å²) < 4.78 is 0. The van der Waals surface area contributed by atoms with Crippen LogP contribution in [0.25, 0.3) is 11.0 Å². The van der Waals surface area contributed by atoms with Crippen molar-refractivity contribution in [3.63, 3.8) is 0 Å². The van der Waals surface area contributed by atoms with Crippen molar-refractivity contribution in [2.24, 2.45) is 4.99 Å². The highest BCUT2D eigenvalue weighted by Crippen LogP contribution is 2.15. The standard InChI is InChI=1S/C12H17N5.HI/c1-8-5-4-6-9-11(8)17-10(16-9)7-15-12(13-2)14-3;/h4-6H,7H2,1-3H3,(H,16,17)(H2,13,14,15);1H. The molecule has 18 heavy (non-hydrogen) atoms. The molecule has 1 heterocycles. The zero-order valence-electron chi connectivity index (χ0n) is 10.7. The number of H-pyrrole nitrogens is 1. The zero-order valence-corrected chi connectivity index (χ0v) is 13.1. The van der Waals surface area contributed by atoms with E-state index in [0.29, 0.717) is 6.54 Å². The number of hydrogen-bond donors (Lipinski definition) is 3. The van der Waals surface area contributed by atoms with E-state index in [0.717, 1.165) is 22.8 Å². The predicted octanol–water partition coefficient (Wildman–Crippen LogP) is 1.78. The van der Waals surface area contributed by atoms with E-state index < -0.39 is 0 Å². The Morgan fingerprint density at radius 2 is 2.22 bits per heavy atom. The molecule has 0 radical (unpaired) electrons. The van der Waals surface area contributed by atoms with Gasteiger partial charge >= 0.3 is 0 Å². The third-order valence-electron chi connectivity index (χ3n) is 2.65. The van der Waals surface area contributed by atoms with Gasteiger partial charge in [-0.05, 0) is 18.6 Å². The number of aromatic nitrogens is 2. The number of aryl methyl sites for hydroxylation is 1. The Balaban J connectivity index is 0.00000162. The number of aliphatic imine (C=N–C) groups is 1. The second kappa shape index (κ2) is 6.58. The molecule has 0 aliphatic heterocycles. The minimum atomic E-state index is 0. The molecular weight excluding hydrogens is 341 g/mol. The van der Waals surface area contributed by atoms with E-state index in [1.54, 1.807) is 7.05 Å². The minimum absolute atomic E-state index is 0. The number of hydrogen-bond acceptors (Lipinski definition) is 2.